The van der Waals surface area contributed by atoms with Crippen molar-refractivity contribution in [2.75, 3.05) is 0 Å². The molecule has 1 N–H and O–H groups in total. The van der Waals surface area contributed by atoms with Gasteiger partial charge in [-0.2, -0.15) is 0 Å². The van der Waals surface area contributed by atoms with Gasteiger partial charge < -0.3 is 5.21 Å². The number of rotatable bonds is 2. The van der Waals surface area contributed by atoms with Crippen molar-refractivity contribution in [1.82, 2.24) is 0 Å². The van der Waals surface area contributed by atoms with Gasteiger partial charge in [-0.15, -0.1) is 0 Å². The fraction of sp³-hybridized carbons (Fsp3) is 0.923. The van der Waals surface area contributed by atoms with E-state index in [1.807, 2.05) is 0 Å². The van der Waals surface area contributed by atoms with Crippen LogP contribution in [0.15, 0.2) is 5.16 Å². The third-order valence-electron chi connectivity index (χ3n) is 5.56. The number of fused-ring (bicyclic) bond motifs is 2. The van der Waals surface area contributed by atoms with Gasteiger partial charge in [0.05, 0.1) is 5.71 Å². The van der Waals surface area contributed by atoms with Crippen LogP contribution in [0.1, 0.15) is 53.4 Å². The van der Waals surface area contributed by atoms with Crippen LogP contribution < -0.4 is 0 Å². The first-order chi connectivity index (χ1) is 6.96. The third kappa shape index (κ3) is 1.26. The largest absolute Gasteiger partial charge is 0.411 e. The average Bonchev–Trinajstić information content (AvgIpc) is 2.50. The quantitative estimate of drug-likeness (QED) is 0.420. The summed E-state index contributed by atoms with van der Waals surface area (Å²) in [6, 6.07) is 0. The van der Waals surface area contributed by atoms with Crippen LogP contribution in [0.2, 0.25) is 0 Å². The van der Waals surface area contributed by atoms with Gasteiger partial charge in [0.2, 0.25) is 0 Å². The molecule has 2 heteroatoms. The lowest BCUT2D eigenvalue weighted by Gasteiger charge is -2.34. The highest BCUT2D eigenvalue weighted by molar-refractivity contribution is 5.87. The molecular weight excluding hydrogens is 186 g/mol. The molecule has 0 aromatic heterocycles. The molecule has 3 atom stereocenters. The van der Waals surface area contributed by atoms with Gasteiger partial charge in [-0.3, -0.25) is 0 Å². The number of nitrogens with zero attached hydrogens (tertiary/aromatic N) is 1. The first kappa shape index (κ1) is 11.0. The molecule has 2 aliphatic rings. The van der Waals surface area contributed by atoms with Crippen molar-refractivity contribution in [3.05, 3.63) is 0 Å². The van der Waals surface area contributed by atoms with E-state index in [-0.39, 0.29) is 0 Å². The highest BCUT2D eigenvalue weighted by Gasteiger charge is 2.61. The second-order valence-electron chi connectivity index (χ2n) is 6.18. The Bertz CT molecular complexity index is 292. The van der Waals surface area contributed by atoms with Crippen molar-refractivity contribution < 1.29 is 5.21 Å². The van der Waals surface area contributed by atoms with E-state index < -0.39 is 0 Å². The summed E-state index contributed by atoms with van der Waals surface area (Å²) in [5.74, 6) is 1.27. The van der Waals surface area contributed by atoms with E-state index in [1.165, 1.54) is 19.3 Å². The Hall–Kier alpha value is -0.530. The maximum atomic E-state index is 9.06. The molecule has 0 amide bonds. The van der Waals surface area contributed by atoms with E-state index >= 15 is 0 Å². The molecule has 0 heterocycles. The molecule has 15 heavy (non-hydrogen) atoms. The predicted molar refractivity (Wildman–Crippen MR) is 62.2 cm³/mol. The van der Waals surface area contributed by atoms with Crippen LogP contribution in [0.4, 0.5) is 0 Å². The minimum absolute atomic E-state index is 0.419. The van der Waals surface area contributed by atoms with E-state index in [1.54, 1.807) is 0 Å². The molecule has 0 aliphatic heterocycles. The number of hydrogen-bond acceptors (Lipinski definition) is 2. The summed E-state index contributed by atoms with van der Waals surface area (Å²) < 4.78 is 0. The molecule has 2 rings (SSSR count). The van der Waals surface area contributed by atoms with Crippen LogP contribution >= 0.6 is 0 Å². The molecule has 2 nitrogen and oxygen atoms in total. The SMILES string of the molecule is CCC(=NO)C1CC2(C)CCC1C2(C)C. The molecule has 3 unspecified atom stereocenters. The Morgan fingerprint density at radius 3 is 2.40 bits per heavy atom. The number of oxime groups is 1. The molecule has 0 radical (unpaired) electrons. The molecule has 0 aromatic rings. The summed E-state index contributed by atoms with van der Waals surface area (Å²) >= 11 is 0. The minimum atomic E-state index is 0.419. The van der Waals surface area contributed by atoms with E-state index in [9.17, 15) is 0 Å². The van der Waals surface area contributed by atoms with Gasteiger partial charge in [-0.05, 0) is 42.4 Å². The van der Waals surface area contributed by atoms with Crippen molar-refractivity contribution in [2.45, 2.75) is 53.4 Å². The summed E-state index contributed by atoms with van der Waals surface area (Å²) in [6.45, 7) is 9.30. The highest BCUT2D eigenvalue weighted by Crippen LogP contribution is 2.67. The fourth-order valence-electron chi connectivity index (χ4n) is 4.06. The summed E-state index contributed by atoms with van der Waals surface area (Å²) in [5, 5.41) is 12.6. The topological polar surface area (TPSA) is 32.6 Å². The van der Waals surface area contributed by atoms with Crippen LogP contribution in [0.3, 0.4) is 0 Å². The van der Waals surface area contributed by atoms with Gasteiger partial charge in [0.1, 0.15) is 0 Å². The Morgan fingerprint density at radius 1 is 1.40 bits per heavy atom. The van der Waals surface area contributed by atoms with Crippen LogP contribution in [0.5, 0.6) is 0 Å². The lowest BCUT2D eigenvalue weighted by atomic mass is 9.71. The summed E-state index contributed by atoms with van der Waals surface area (Å²) in [6.07, 6.45) is 4.78. The molecular formula is C13H23NO. The van der Waals surface area contributed by atoms with E-state index in [2.05, 4.69) is 32.9 Å². The Balaban J connectivity index is 2.29. The predicted octanol–water partition coefficient (Wildman–Crippen LogP) is 3.69. The van der Waals surface area contributed by atoms with Gasteiger partial charge in [0, 0.05) is 5.92 Å². The van der Waals surface area contributed by atoms with Crippen LogP contribution in [0.25, 0.3) is 0 Å². The minimum Gasteiger partial charge on any atom is -0.411 e. The highest BCUT2D eigenvalue weighted by atomic mass is 16.4. The van der Waals surface area contributed by atoms with E-state index in [0.717, 1.165) is 18.1 Å². The summed E-state index contributed by atoms with van der Waals surface area (Å²) in [7, 11) is 0. The van der Waals surface area contributed by atoms with Gasteiger partial charge in [0.25, 0.3) is 0 Å². The summed E-state index contributed by atoms with van der Waals surface area (Å²) in [4.78, 5) is 0. The van der Waals surface area contributed by atoms with Crippen molar-refractivity contribution in [2.24, 2.45) is 27.8 Å². The average molecular weight is 209 g/mol. The fourth-order valence-corrected chi connectivity index (χ4v) is 4.06. The molecule has 2 saturated carbocycles. The normalized spacial score (nSPS) is 43.6. The molecule has 2 bridgehead atoms. The standard InChI is InChI=1S/C13H23NO/c1-5-11(14-15)9-8-13(4)7-6-10(9)12(13,2)3/h9-10,15H,5-8H2,1-4H3. The zero-order valence-electron chi connectivity index (χ0n) is 10.4. The second-order valence-corrected chi connectivity index (χ2v) is 6.18. The maximum absolute atomic E-state index is 9.06. The van der Waals surface area contributed by atoms with E-state index in [0.29, 0.717) is 16.7 Å². The van der Waals surface area contributed by atoms with Crippen LogP contribution in [0, 0.1) is 22.7 Å². The van der Waals surface area contributed by atoms with Crippen LogP contribution in [-0.4, -0.2) is 10.9 Å². The second kappa shape index (κ2) is 3.23. The van der Waals surface area contributed by atoms with Gasteiger partial charge in [0.15, 0.2) is 0 Å². The zero-order valence-corrected chi connectivity index (χ0v) is 10.4. The smallest absolute Gasteiger partial charge is 0.0602 e. The van der Waals surface area contributed by atoms with Crippen LogP contribution in [-0.2, 0) is 0 Å². The maximum Gasteiger partial charge on any atom is 0.0602 e. The van der Waals surface area contributed by atoms with Crippen molar-refractivity contribution in [3.8, 4) is 0 Å². The summed E-state index contributed by atoms with van der Waals surface area (Å²) in [5.41, 5.74) is 1.91. The zero-order chi connectivity index (χ0) is 11.3. The van der Waals surface area contributed by atoms with Crippen molar-refractivity contribution in [3.63, 3.8) is 0 Å². The van der Waals surface area contributed by atoms with Gasteiger partial charge >= 0.3 is 0 Å². The first-order valence-electron chi connectivity index (χ1n) is 6.17. The third-order valence-corrected chi connectivity index (χ3v) is 5.56. The Morgan fingerprint density at radius 2 is 2.07 bits per heavy atom. The van der Waals surface area contributed by atoms with Crippen molar-refractivity contribution in [1.29, 1.82) is 0 Å². The molecule has 2 aliphatic carbocycles. The van der Waals surface area contributed by atoms with Crippen molar-refractivity contribution >= 4 is 5.71 Å². The first-order valence-corrected chi connectivity index (χ1v) is 6.17. The molecule has 0 saturated heterocycles. The lowest BCUT2D eigenvalue weighted by molar-refractivity contribution is 0.152. The Kier molecular flexibility index (Phi) is 2.36. The van der Waals surface area contributed by atoms with E-state index in [4.69, 9.17) is 5.21 Å². The molecule has 86 valence electrons. The van der Waals surface area contributed by atoms with Gasteiger partial charge in [-0.25, -0.2) is 0 Å². The molecule has 2 fully saturated rings. The Labute approximate surface area is 92.8 Å². The monoisotopic (exact) mass is 209 g/mol. The molecule has 0 spiro atoms. The van der Waals surface area contributed by atoms with Gasteiger partial charge in [-0.1, -0.05) is 32.9 Å². The number of hydrogen-bond donors (Lipinski definition) is 1. The molecule has 0 aromatic carbocycles. The lowest BCUT2D eigenvalue weighted by Crippen LogP contribution is -2.27.